The van der Waals surface area contributed by atoms with Crippen molar-refractivity contribution < 1.29 is 10.2 Å². The summed E-state index contributed by atoms with van der Waals surface area (Å²) in [5, 5.41) is 18.8. The number of aliphatic hydroxyl groups excluding tert-OH is 1. The molecule has 2 heteroatoms. The lowest BCUT2D eigenvalue weighted by Crippen LogP contribution is -2.50. The second-order valence-electron chi connectivity index (χ2n) is 13.5. The third kappa shape index (κ3) is 5.53. The van der Waals surface area contributed by atoms with Crippen LogP contribution in [0.25, 0.3) is 0 Å². The van der Waals surface area contributed by atoms with E-state index in [2.05, 4.69) is 40.7 Å². The molecule has 4 aliphatic carbocycles. The fourth-order valence-electron chi connectivity index (χ4n) is 9.09. The molecule has 1 unspecified atom stereocenters. The Hall–Kier alpha value is -1.28. The maximum atomic E-state index is 10.2. The van der Waals surface area contributed by atoms with E-state index in [-0.39, 0.29) is 6.10 Å². The summed E-state index contributed by atoms with van der Waals surface area (Å²) in [6.45, 7) is 12.6. The molecule has 0 spiro atoms. The Labute approximate surface area is 215 Å². The zero-order valence-corrected chi connectivity index (χ0v) is 23.2. The summed E-state index contributed by atoms with van der Waals surface area (Å²) in [5.74, 6) is 5.78. The van der Waals surface area contributed by atoms with E-state index in [0.29, 0.717) is 16.6 Å². The fraction of sp³-hybridized carbons (Fsp3) is 0.758. The molecule has 0 heterocycles. The average Bonchev–Trinajstić information content (AvgIpc) is 3.17. The molecule has 3 fully saturated rings. The monoisotopic (exact) mass is 480 g/mol. The highest BCUT2D eigenvalue weighted by atomic mass is 16.3. The van der Waals surface area contributed by atoms with Gasteiger partial charge in [0.25, 0.3) is 0 Å². The average molecular weight is 481 g/mol. The minimum absolute atomic E-state index is 0.0766. The zero-order chi connectivity index (χ0) is 25.2. The second kappa shape index (κ2) is 11.0. The first-order valence-electron chi connectivity index (χ1n) is 14.8. The van der Waals surface area contributed by atoms with Crippen molar-refractivity contribution in [1.29, 1.82) is 0 Å². The molecule has 0 aliphatic heterocycles. The van der Waals surface area contributed by atoms with Gasteiger partial charge in [0.1, 0.15) is 5.75 Å². The maximum Gasteiger partial charge on any atom is 0.115 e. The van der Waals surface area contributed by atoms with Crippen molar-refractivity contribution in [3.8, 4) is 5.75 Å². The number of aromatic hydroxyl groups is 1. The predicted molar refractivity (Wildman–Crippen MR) is 147 cm³/mol. The van der Waals surface area contributed by atoms with Gasteiger partial charge in [0.05, 0.1) is 6.10 Å². The smallest absolute Gasteiger partial charge is 0.115 e. The molecule has 35 heavy (non-hydrogen) atoms. The van der Waals surface area contributed by atoms with Crippen LogP contribution in [0.15, 0.2) is 42.0 Å². The summed E-state index contributed by atoms with van der Waals surface area (Å²) >= 11 is 0. The molecule has 3 saturated carbocycles. The van der Waals surface area contributed by atoms with Crippen molar-refractivity contribution >= 4 is 0 Å². The van der Waals surface area contributed by atoms with Crippen LogP contribution in [0.3, 0.4) is 0 Å². The van der Waals surface area contributed by atoms with E-state index in [0.717, 1.165) is 48.3 Å². The van der Waals surface area contributed by atoms with Crippen LogP contribution in [0.2, 0.25) is 0 Å². The Kier molecular flexibility index (Phi) is 8.41. The molecule has 8 atom stereocenters. The van der Waals surface area contributed by atoms with Gasteiger partial charge in [-0.1, -0.05) is 83.7 Å². The number of phenolic OH excluding ortho intramolecular Hbond substituents is 1. The topological polar surface area (TPSA) is 40.5 Å². The van der Waals surface area contributed by atoms with E-state index in [9.17, 15) is 5.11 Å². The normalized spacial score (nSPS) is 38.9. The van der Waals surface area contributed by atoms with Gasteiger partial charge >= 0.3 is 0 Å². The van der Waals surface area contributed by atoms with Crippen molar-refractivity contribution in [2.45, 2.75) is 111 Å². The fourth-order valence-corrected chi connectivity index (χ4v) is 9.09. The number of fused-ring (bicyclic) bond motifs is 5. The number of allylic oxidation sites excluding steroid dienone is 1. The summed E-state index contributed by atoms with van der Waals surface area (Å²) in [6.07, 6.45) is 17.2. The number of benzene rings is 1. The largest absolute Gasteiger partial charge is 0.508 e. The molecule has 0 amide bonds. The summed E-state index contributed by atoms with van der Waals surface area (Å²) in [6, 6.07) is 8.71. The minimum atomic E-state index is -0.0766. The van der Waals surface area contributed by atoms with Crippen LogP contribution in [0.4, 0.5) is 0 Å². The molecule has 4 aliphatic rings. The zero-order valence-electron chi connectivity index (χ0n) is 23.2. The molecule has 0 aromatic heterocycles. The van der Waals surface area contributed by atoms with Gasteiger partial charge < -0.3 is 10.2 Å². The van der Waals surface area contributed by atoms with E-state index < -0.39 is 0 Å². The molecule has 196 valence electrons. The highest BCUT2D eigenvalue weighted by molar-refractivity contribution is 5.25. The first-order chi connectivity index (χ1) is 16.6. The van der Waals surface area contributed by atoms with Crippen molar-refractivity contribution in [2.24, 2.45) is 46.3 Å². The van der Waals surface area contributed by atoms with E-state index in [1.54, 1.807) is 29.8 Å². The van der Waals surface area contributed by atoms with Gasteiger partial charge in [0.2, 0.25) is 0 Å². The lowest BCUT2D eigenvalue weighted by atomic mass is 9.47. The summed E-state index contributed by atoms with van der Waals surface area (Å²) < 4.78 is 0. The van der Waals surface area contributed by atoms with Crippen LogP contribution in [0.1, 0.15) is 105 Å². The Balaban J connectivity index is 0.000000356. The van der Waals surface area contributed by atoms with Crippen LogP contribution in [0, 0.1) is 46.3 Å². The van der Waals surface area contributed by atoms with Crippen LogP contribution in [-0.4, -0.2) is 16.3 Å². The highest BCUT2D eigenvalue weighted by Crippen LogP contribution is 2.67. The predicted octanol–water partition coefficient (Wildman–Crippen LogP) is 8.78. The molecule has 2 N–H and O–H groups in total. The summed E-state index contributed by atoms with van der Waals surface area (Å²) in [5.41, 5.74) is 2.60. The van der Waals surface area contributed by atoms with Gasteiger partial charge in [-0.2, -0.15) is 0 Å². The Morgan fingerprint density at radius 3 is 2.31 bits per heavy atom. The number of hydrogen-bond acceptors (Lipinski definition) is 2. The van der Waals surface area contributed by atoms with Gasteiger partial charge in [-0.3, -0.25) is 0 Å². The SMILES string of the molecule is CC(C)CCCC(C)[C@H]1CC[C@H]2[C@@H]3CC=C4C[C@@H](O)CC[C@]4(C)[C@H]3CC[C@]12C.Oc1ccccc1. The standard InChI is InChI=1S/C27H46O.C6H6O/c1-18(2)7-6-8-19(3)23-11-12-24-22-10-9-20-17-21(28)13-15-26(20,4)25(22)14-16-27(23,24)5;7-6-4-2-1-3-5-6/h9,18-19,21-25,28H,6-8,10-17H2,1-5H3;1-5,7H/t19?,21-,22-,23+,24-,25-,26-,27+;/m0./s1. The van der Waals surface area contributed by atoms with Gasteiger partial charge in [-0.25, -0.2) is 0 Å². The summed E-state index contributed by atoms with van der Waals surface area (Å²) in [4.78, 5) is 0. The van der Waals surface area contributed by atoms with E-state index in [4.69, 9.17) is 5.11 Å². The molecule has 1 aromatic carbocycles. The van der Waals surface area contributed by atoms with Crippen molar-refractivity contribution in [1.82, 2.24) is 0 Å². The van der Waals surface area contributed by atoms with E-state index >= 15 is 0 Å². The number of hydrogen-bond donors (Lipinski definition) is 2. The van der Waals surface area contributed by atoms with Gasteiger partial charge in [0.15, 0.2) is 0 Å². The molecule has 1 aromatic rings. The number of para-hydroxylation sites is 1. The molecular weight excluding hydrogens is 428 g/mol. The number of aliphatic hydroxyl groups is 1. The summed E-state index contributed by atoms with van der Waals surface area (Å²) in [7, 11) is 0. The molecule has 0 radical (unpaired) electrons. The van der Waals surface area contributed by atoms with Crippen molar-refractivity contribution in [3.63, 3.8) is 0 Å². The van der Waals surface area contributed by atoms with Crippen LogP contribution >= 0.6 is 0 Å². The van der Waals surface area contributed by atoms with Gasteiger partial charge in [0, 0.05) is 0 Å². The van der Waals surface area contributed by atoms with Gasteiger partial charge in [-0.05, 0) is 110 Å². The molecule has 5 rings (SSSR count). The highest BCUT2D eigenvalue weighted by Gasteiger charge is 2.59. The molecule has 0 saturated heterocycles. The maximum absolute atomic E-state index is 10.2. The van der Waals surface area contributed by atoms with Crippen LogP contribution in [0.5, 0.6) is 5.75 Å². The first kappa shape index (κ1) is 26.8. The third-order valence-electron chi connectivity index (χ3n) is 11.0. The van der Waals surface area contributed by atoms with Crippen LogP contribution in [-0.2, 0) is 0 Å². The minimum Gasteiger partial charge on any atom is -0.508 e. The second-order valence-corrected chi connectivity index (χ2v) is 13.5. The quantitative estimate of drug-likeness (QED) is 0.413. The van der Waals surface area contributed by atoms with E-state index in [1.165, 1.54) is 57.8 Å². The molecule has 2 nitrogen and oxygen atoms in total. The van der Waals surface area contributed by atoms with E-state index in [1.807, 2.05) is 6.07 Å². The lowest BCUT2D eigenvalue weighted by Gasteiger charge is -2.58. The molecular formula is C33H52O2. The molecule has 0 bridgehead atoms. The third-order valence-corrected chi connectivity index (χ3v) is 11.0. The van der Waals surface area contributed by atoms with Crippen molar-refractivity contribution in [2.75, 3.05) is 0 Å². The first-order valence-corrected chi connectivity index (χ1v) is 14.8. The number of phenols is 1. The Morgan fingerprint density at radius 2 is 1.66 bits per heavy atom. The number of rotatable bonds is 5. The van der Waals surface area contributed by atoms with Crippen molar-refractivity contribution in [3.05, 3.63) is 42.0 Å². The Morgan fingerprint density at radius 1 is 0.914 bits per heavy atom. The van der Waals surface area contributed by atoms with Crippen LogP contribution < -0.4 is 0 Å². The Bertz CT molecular complexity index is 844. The van der Waals surface area contributed by atoms with Gasteiger partial charge in [-0.15, -0.1) is 0 Å². The lowest BCUT2D eigenvalue weighted by molar-refractivity contribution is -0.0573.